The number of hydrogen-bond acceptors (Lipinski definition) is 5. The van der Waals surface area contributed by atoms with Gasteiger partial charge in [-0.1, -0.05) is 0 Å². The molecule has 10 heteroatoms. The molecule has 2 rings (SSSR count). The maximum Gasteiger partial charge on any atom is 0.422 e. The molecule has 162 valence electrons. The molecule has 1 fully saturated rings. The summed E-state index contributed by atoms with van der Waals surface area (Å²) in [6.45, 7) is 4.83. The lowest BCUT2D eigenvalue weighted by Gasteiger charge is -2.33. The number of benzene rings is 1. The normalized spacial score (nSPS) is 15.7. The number of nitrogens with two attached hydrogens (primary N) is 1. The van der Waals surface area contributed by atoms with E-state index in [1.54, 1.807) is 25.7 Å². The quantitative estimate of drug-likeness (QED) is 0.733. The van der Waals surface area contributed by atoms with Gasteiger partial charge in [-0.15, -0.1) is 0 Å². The second-order valence-electron chi connectivity index (χ2n) is 7.87. The van der Waals surface area contributed by atoms with Crippen molar-refractivity contribution in [2.45, 2.75) is 51.4 Å². The van der Waals surface area contributed by atoms with Crippen molar-refractivity contribution in [3.63, 3.8) is 0 Å². The van der Waals surface area contributed by atoms with E-state index >= 15 is 0 Å². The Morgan fingerprint density at radius 2 is 1.83 bits per heavy atom. The van der Waals surface area contributed by atoms with Crippen molar-refractivity contribution in [1.29, 1.82) is 0 Å². The first kappa shape index (κ1) is 22.6. The maximum atomic E-state index is 12.4. The topological polar surface area (TPSA) is 93.9 Å². The van der Waals surface area contributed by atoms with Gasteiger partial charge in [0.2, 0.25) is 0 Å². The highest BCUT2D eigenvalue weighted by Crippen LogP contribution is 2.25. The van der Waals surface area contributed by atoms with Gasteiger partial charge in [-0.2, -0.15) is 13.2 Å². The van der Waals surface area contributed by atoms with Crippen molar-refractivity contribution in [2.75, 3.05) is 25.4 Å². The van der Waals surface area contributed by atoms with Crippen LogP contribution >= 0.6 is 0 Å². The van der Waals surface area contributed by atoms with Crippen molar-refractivity contribution >= 4 is 17.7 Å². The second kappa shape index (κ2) is 8.79. The van der Waals surface area contributed by atoms with Gasteiger partial charge in [-0.3, -0.25) is 4.79 Å². The lowest BCUT2D eigenvalue weighted by Crippen LogP contribution is -2.47. The number of nitrogen functional groups attached to an aromatic ring is 1. The molecule has 3 N–H and O–H groups in total. The Balaban J connectivity index is 1.87. The number of ether oxygens (including phenoxy) is 2. The SMILES string of the molecule is CC(C)(C)OC(=O)N1CCC(NC(=O)c2ccc(OCC(F)(F)F)c(N)c2)CC1. The number of likely N-dealkylation sites (tertiary alicyclic amines) is 1. The van der Waals surface area contributed by atoms with Gasteiger partial charge in [-0.25, -0.2) is 4.79 Å². The summed E-state index contributed by atoms with van der Waals surface area (Å²) in [7, 11) is 0. The van der Waals surface area contributed by atoms with Gasteiger partial charge < -0.3 is 25.4 Å². The average Bonchev–Trinajstić information content (AvgIpc) is 2.59. The van der Waals surface area contributed by atoms with E-state index in [1.807, 2.05) is 0 Å². The molecular formula is C19H26F3N3O4. The number of amides is 2. The van der Waals surface area contributed by atoms with Crippen LogP contribution in [0, 0.1) is 0 Å². The Bertz CT molecular complexity index is 739. The first-order chi connectivity index (χ1) is 13.3. The summed E-state index contributed by atoms with van der Waals surface area (Å²) in [5.41, 5.74) is 5.29. The summed E-state index contributed by atoms with van der Waals surface area (Å²) in [6.07, 6.45) is -3.73. The Labute approximate surface area is 167 Å². The van der Waals surface area contributed by atoms with Crippen LogP contribution in [0.3, 0.4) is 0 Å². The Morgan fingerprint density at radius 1 is 1.21 bits per heavy atom. The molecule has 7 nitrogen and oxygen atoms in total. The summed E-state index contributed by atoms with van der Waals surface area (Å²) in [5.74, 6) is -0.528. The molecule has 1 aromatic carbocycles. The number of alkyl halides is 3. The van der Waals surface area contributed by atoms with Gasteiger partial charge >= 0.3 is 12.3 Å². The number of carbonyl (C=O) groups excluding carboxylic acids is 2. The monoisotopic (exact) mass is 417 g/mol. The predicted molar refractivity (Wildman–Crippen MR) is 101 cm³/mol. The molecule has 1 aliphatic heterocycles. The highest BCUT2D eigenvalue weighted by atomic mass is 19.4. The Kier molecular flexibility index (Phi) is 6.86. The smallest absolute Gasteiger partial charge is 0.422 e. The first-order valence-corrected chi connectivity index (χ1v) is 9.22. The third-order valence-electron chi connectivity index (χ3n) is 4.15. The average molecular weight is 417 g/mol. The van der Waals surface area contributed by atoms with Crippen molar-refractivity contribution < 1.29 is 32.2 Å². The minimum Gasteiger partial charge on any atom is -0.482 e. The zero-order chi connectivity index (χ0) is 21.8. The number of carbonyl (C=O) groups is 2. The molecule has 1 aromatic rings. The fourth-order valence-electron chi connectivity index (χ4n) is 2.78. The van der Waals surface area contributed by atoms with Crippen molar-refractivity contribution in [1.82, 2.24) is 10.2 Å². The first-order valence-electron chi connectivity index (χ1n) is 9.22. The summed E-state index contributed by atoms with van der Waals surface area (Å²) >= 11 is 0. The van der Waals surface area contributed by atoms with Crippen LogP contribution < -0.4 is 15.8 Å². The van der Waals surface area contributed by atoms with Crippen LogP contribution in [0.15, 0.2) is 18.2 Å². The van der Waals surface area contributed by atoms with Crippen molar-refractivity contribution in [3.05, 3.63) is 23.8 Å². The summed E-state index contributed by atoms with van der Waals surface area (Å²) in [5, 5.41) is 2.85. The number of nitrogens with zero attached hydrogens (tertiary/aromatic N) is 1. The maximum absolute atomic E-state index is 12.4. The van der Waals surface area contributed by atoms with E-state index in [4.69, 9.17) is 10.5 Å². The lowest BCUT2D eigenvalue weighted by atomic mass is 10.0. The van der Waals surface area contributed by atoms with E-state index in [1.165, 1.54) is 18.2 Å². The second-order valence-corrected chi connectivity index (χ2v) is 7.87. The van der Waals surface area contributed by atoms with E-state index < -0.39 is 24.3 Å². The molecular weight excluding hydrogens is 391 g/mol. The minimum atomic E-state index is -4.48. The van der Waals surface area contributed by atoms with Gasteiger partial charge in [0.15, 0.2) is 6.61 Å². The van der Waals surface area contributed by atoms with Gasteiger partial charge in [0.25, 0.3) is 5.91 Å². The Morgan fingerprint density at radius 3 is 2.34 bits per heavy atom. The number of rotatable bonds is 4. The number of piperidine rings is 1. The molecule has 0 aliphatic carbocycles. The molecule has 0 unspecified atom stereocenters. The van der Waals surface area contributed by atoms with Crippen molar-refractivity contribution in [2.24, 2.45) is 0 Å². The summed E-state index contributed by atoms with van der Waals surface area (Å²) < 4.78 is 46.7. The number of nitrogens with one attached hydrogen (secondary N) is 1. The molecule has 0 radical (unpaired) electrons. The standard InChI is InChI=1S/C19H26F3N3O4/c1-18(2,3)29-17(27)25-8-6-13(7-9-25)24-16(26)12-4-5-15(14(23)10-12)28-11-19(20,21)22/h4-5,10,13H,6-9,11,23H2,1-3H3,(H,24,26). The van der Waals surface area contributed by atoms with E-state index in [-0.39, 0.29) is 29.1 Å². The van der Waals surface area contributed by atoms with Crippen LogP contribution in [0.2, 0.25) is 0 Å². The third kappa shape index (κ3) is 7.35. The van der Waals surface area contributed by atoms with Gasteiger partial charge in [0, 0.05) is 24.7 Å². The molecule has 0 bridgehead atoms. The van der Waals surface area contributed by atoms with E-state index in [0.29, 0.717) is 25.9 Å². The molecule has 0 atom stereocenters. The van der Waals surface area contributed by atoms with Gasteiger partial charge in [0.1, 0.15) is 11.4 Å². The fraction of sp³-hybridized carbons (Fsp3) is 0.579. The number of anilines is 1. The minimum absolute atomic E-state index is 0.0540. The van der Waals surface area contributed by atoms with Crippen LogP contribution in [0.1, 0.15) is 44.0 Å². The fourth-order valence-corrected chi connectivity index (χ4v) is 2.78. The molecule has 0 aromatic heterocycles. The van der Waals surface area contributed by atoms with Crippen LogP contribution in [0.4, 0.5) is 23.7 Å². The largest absolute Gasteiger partial charge is 0.482 e. The summed E-state index contributed by atoms with van der Waals surface area (Å²) in [4.78, 5) is 26.1. The zero-order valence-corrected chi connectivity index (χ0v) is 16.6. The van der Waals surface area contributed by atoms with E-state index in [9.17, 15) is 22.8 Å². The third-order valence-corrected chi connectivity index (χ3v) is 4.15. The predicted octanol–water partition coefficient (Wildman–Crippen LogP) is 3.34. The van der Waals surface area contributed by atoms with Crippen LogP contribution in [0.25, 0.3) is 0 Å². The molecule has 2 amide bonds. The molecule has 29 heavy (non-hydrogen) atoms. The molecule has 1 heterocycles. The van der Waals surface area contributed by atoms with E-state index in [2.05, 4.69) is 10.1 Å². The van der Waals surface area contributed by atoms with Crippen LogP contribution in [0.5, 0.6) is 5.75 Å². The lowest BCUT2D eigenvalue weighted by molar-refractivity contribution is -0.153. The number of halogens is 3. The van der Waals surface area contributed by atoms with Gasteiger partial charge in [-0.05, 0) is 51.8 Å². The highest BCUT2D eigenvalue weighted by Gasteiger charge is 2.29. The highest BCUT2D eigenvalue weighted by molar-refractivity contribution is 5.95. The molecule has 1 aliphatic rings. The molecule has 0 saturated carbocycles. The zero-order valence-electron chi connectivity index (χ0n) is 16.6. The molecule has 0 spiro atoms. The van der Waals surface area contributed by atoms with Gasteiger partial charge in [0.05, 0.1) is 5.69 Å². The molecule has 1 saturated heterocycles. The Hall–Kier alpha value is -2.65. The van der Waals surface area contributed by atoms with Crippen LogP contribution in [-0.2, 0) is 4.74 Å². The summed E-state index contributed by atoms with van der Waals surface area (Å²) in [6, 6.07) is 3.73. The number of hydrogen-bond donors (Lipinski definition) is 2. The van der Waals surface area contributed by atoms with Crippen LogP contribution in [-0.4, -0.2) is 54.4 Å². The van der Waals surface area contributed by atoms with Crippen molar-refractivity contribution in [3.8, 4) is 5.75 Å². The van der Waals surface area contributed by atoms with E-state index in [0.717, 1.165) is 0 Å².